The van der Waals surface area contributed by atoms with Gasteiger partial charge < -0.3 is 9.73 Å². The van der Waals surface area contributed by atoms with Gasteiger partial charge in [0.25, 0.3) is 5.91 Å². The van der Waals surface area contributed by atoms with Crippen molar-refractivity contribution in [1.29, 1.82) is 0 Å². The first-order valence-corrected chi connectivity index (χ1v) is 8.17. The fourth-order valence-corrected chi connectivity index (χ4v) is 2.87. The third-order valence-corrected chi connectivity index (χ3v) is 4.17. The Bertz CT molecular complexity index is 734. The zero-order valence-corrected chi connectivity index (χ0v) is 13.6. The van der Waals surface area contributed by atoms with Crippen molar-refractivity contribution in [2.24, 2.45) is 0 Å². The van der Waals surface area contributed by atoms with Crippen LogP contribution in [0, 0.1) is 0 Å². The fourth-order valence-electron chi connectivity index (χ4n) is 2.87. The van der Waals surface area contributed by atoms with Crippen LogP contribution in [0.5, 0.6) is 0 Å². The molecule has 7 heteroatoms. The van der Waals surface area contributed by atoms with E-state index in [0.717, 1.165) is 25.2 Å². The molecule has 4 nitrogen and oxygen atoms in total. The Kier molecular flexibility index (Phi) is 5.13. The molecular formula is C18H19F3N2O2. The van der Waals surface area contributed by atoms with Crippen molar-refractivity contribution in [2.45, 2.75) is 32.1 Å². The quantitative estimate of drug-likeness (QED) is 0.890. The van der Waals surface area contributed by atoms with Crippen molar-refractivity contribution in [2.75, 3.05) is 13.1 Å². The van der Waals surface area contributed by atoms with E-state index in [9.17, 15) is 18.0 Å². The molecule has 0 spiro atoms. The van der Waals surface area contributed by atoms with Gasteiger partial charge in [0.2, 0.25) is 0 Å². The zero-order valence-electron chi connectivity index (χ0n) is 13.6. The van der Waals surface area contributed by atoms with Gasteiger partial charge in [-0.15, -0.1) is 0 Å². The number of nitrogens with one attached hydrogen (secondary N) is 1. The number of carbonyl (C=O) groups excluding carboxylic acids is 1. The molecule has 2 aromatic rings. The predicted octanol–water partition coefficient (Wildman–Crippen LogP) is 3.82. The van der Waals surface area contributed by atoms with Crippen LogP contribution in [-0.2, 0) is 19.3 Å². The molecule has 0 saturated carbocycles. The fraction of sp³-hybridized carbons (Fsp3) is 0.389. The van der Waals surface area contributed by atoms with Crippen LogP contribution < -0.4 is 5.32 Å². The van der Waals surface area contributed by atoms with Gasteiger partial charge in [0.05, 0.1) is 12.1 Å². The molecule has 1 aromatic carbocycles. The van der Waals surface area contributed by atoms with Crippen LogP contribution in [0.4, 0.5) is 13.2 Å². The molecule has 1 aliphatic heterocycles. The van der Waals surface area contributed by atoms with E-state index in [0.29, 0.717) is 17.9 Å². The average Bonchev–Trinajstić information content (AvgIpc) is 3.24. The Balaban J connectivity index is 1.56. The lowest BCUT2D eigenvalue weighted by Gasteiger charge is -2.11. The second kappa shape index (κ2) is 7.31. The molecule has 0 atom stereocenters. The molecule has 0 bridgehead atoms. The highest BCUT2D eigenvalue weighted by atomic mass is 19.4. The molecule has 1 amide bonds. The summed E-state index contributed by atoms with van der Waals surface area (Å²) in [5.74, 6) is 0.442. The highest BCUT2D eigenvalue weighted by molar-refractivity contribution is 5.91. The standard InChI is InChI=1S/C18H19F3N2O2/c19-18(20,21)14-5-3-4-13(10-14)11-22-17(24)16-7-6-15(25-16)12-23-8-1-2-9-23/h3-7,10H,1-2,8-9,11-12H2,(H,22,24). The summed E-state index contributed by atoms with van der Waals surface area (Å²) in [7, 11) is 0. The summed E-state index contributed by atoms with van der Waals surface area (Å²) in [6.45, 7) is 2.72. The van der Waals surface area contributed by atoms with E-state index < -0.39 is 17.6 Å². The Morgan fingerprint density at radius 2 is 1.92 bits per heavy atom. The van der Waals surface area contributed by atoms with Crippen LogP contribution in [0.25, 0.3) is 0 Å². The smallest absolute Gasteiger partial charge is 0.416 e. The first-order chi connectivity index (χ1) is 11.9. The van der Waals surface area contributed by atoms with E-state index in [1.54, 1.807) is 12.1 Å². The van der Waals surface area contributed by atoms with Gasteiger partial charge in [0.1, 0.15) is 5.76 Å². The molecule has 1 N–H and O–H groups in total. The lowest BCUT2D eigenvalue weighted by Crippen LogP contribution is -2.22. The van der Waals surface area contributed by atoms with E-state index in [2.05, 4.69) is 10.2 Å². The van der Waals surface area contributed by atoms with E-state index in [4.69, 9.17) is 4.42 Å². The van der Waals surface area contributed by atoms with E-state index in [1.165, 1.54) is 25.0 Å². The minimum atomic E-state index is -4.40. The van der Waals surface area contributed by atoms with E-state index in [-0.39, 0.29) is 12.3 Å². The van der Waals surface area contributed by atoms with Crippen LogP contribution in [0.1, 0.15) is 40.3 Å². The van der Waals surface area contributed by atoms with Crippen LogP contribution >= 0.6 is 0 Å². The molecular weight excluding hydrogens is 333 g/mol. The van der Waals surface area contributed by atoms with Crippen LogP contribution in [-0.4, -0.2) is 23.9 Å². The van der Waals surface area contributed by atoms with Gasteiger partial charge >= 0.3 is 6.18 Å². The Morgan fingerprint density at radius 1 is 1.16 bits per heavy atom. The summed E-state index contributed by atoms with van der Waals surface area (Å²) >= 11 is 0. The number of hydrogen-bond acceptors (Lipinski definition) is 3. The first-order valence-electron chi connectivity index (χ1n) is 8.17. The molecule has 2 heterocycles. The first kappa shape index (κ1) is 17.5. The van der Waals surface area contributed by atoms with Crippen LogP contribution in [0.2, 0.25) is 0 Å². The monoisotopic (exact) mass is 352 g/mol. The van der Waals surface area contributed by atoms with Crippen molar-refractivity contribution >= 4 is 5.91 Å². The van der Waals surface area contributed by atoms with Crippen molar-refractivity contribution in [3.05, 3.63) is 59.0 Å². The van der Waals surface area contributed by atoms with Crippen LogP contribution in [0.3, 0.4) is 0 Å². The Hall–Kier alpha value is -2.28. The number of benzene rings is 1. The van der Waals surface area contributed by atoms with Crippen molar-refractivity contribution < 1.29 is 22.4 Å². The SMILES string of the molecule is O=C(NCc1cccc(C(F)(F)F)c1)c1ccc(CN2CCCC2)o1. The number of likely N-dealkylation sites (tertiary alicyclic amines) is 1. The predicted molar refractivity (Wildman–Crippen MR) is 85.8 cm³/mol. The molecule has 3 rings (SSSR count). The van der Waals surface area contributed by atoms with Crippen LogP contribution in [0.15, 0.2) is 40.8 Å². The highest BCUT2D eigenvalue weighted by Gasteiger charge is 2.30. The van der Waals surface area contributed by atoms with E-state index in [1.807, 2.05) is 0 Å². The average molecular weight is 352 g/mol. The number of alkyl halides is 3. The van der Waals surface area contributed by atoms with Crippen molar-refractivity contribution in [3.63, 3.8) is 0 Å². The van der Waals surface area contributed by atoms with E-state index >= 15 is 0 Å². The summed E-state index contributed by atoms with van der Waals surface area (Å²) in [5.41, 5.74) is -0.350. The summed E-state index contributed by atoms with van der Waals surface area (Å²) < 4.78 is 43.6. The molecule has 0 unspecified atom stereocenters. The lowest BCUT2D eigenvalue weighted by molar-refractivity contribution is -0.137. The van der Waals surface area contributed by atoms with Gasteiger partial charge in [-0.05, 0) is 55.8 Å². The number of rotatable bonds is 5. The molecule has 1 saturated heterocycles. The van der Waals surface area contributed by atoms with Gasteiger partial charge in [0, 0.05) is 6.54 Å². The Labute approximate surface area is 143 Å². The summed E-state index contributed by atoms with van der Waals surface area (Å²) in [6.07, 6.45) is -2.05. The van der Waals surface area contributed by atoms with Gasteiger partial charge in [-0.25, -0.2) is 0 Å². The number of halogens is 3. The maximum absolute atomic E-state index is 12.7. The molecule has 1 aromatic heterocycles. The summed E-state index contributed by atoms with van der Waals surface area (Å²) in [4.78, 5) is 14.4. The summed E-state index contributed by atoms with van der Waals surface area (Å²) in [5, 5.41) is 2.59. The topological polar surface area (TPSA) is 45.5 Å². The number of nitrogens with zero attached hydrogens (tertiary/aromatic N) is 1. The molecule has 0 radical (unpaired) electrons. The second-order valence-electron chi connectivity index (χ2n) is 6.13. The zero-order chi connectivity index (χ0) is 17.9. The van der Waals surface area contributed by atoms with Crippen molar-refractivity contribution in [3.8, 4) is 0 Å². The maximum atomic E-state index is 12.7. The molecule has 134 valence electrons. The molecule has 0 aliphatic carbocycles. The summed E-state index contributed by atoms with van der Waals surface area (Å²) in [6, 6.07) is 8.25. The Morgan fingerprint density at radius 3 is 2.64 bits per heavy atom. The molecule has 25 heavy (non-hydrogen) atoms. The minimum Gasteiger partial charge on any atom is -0.455 e. The second-order valence-corrected chi connectivity index (χ2v) is 6.13. The molecule has 1 aliphatic rings. The lowest BCUT2D eigenvalue weighted by atomic mass is 10.1. The normalized spacial score (nSPS) is 15.5. The number of furan rings is 1. The number of hydrogen-bond donors (Lipinski definition) is 1. The number of amides is 1. The number of carbonyl (C=O) groups is 1. The third kappa shape index (κ3) is 4.63. The molecule has 1 fully saturated rings. The van der Waals surface area contributed by atoms with Crippen molar-refractivity contribution in [1.82, 2.24) is 10.2 Å². The van der Waals surface area contributed by atoms with Gasteiger partial charge in [0.15, 0.2) is 5.76 Å². The third-order valence-electron chi connectivity index (χ3n) is 4.17. The van der Waals surface area contributed by atoms with Gasteiger partial charge in [-0.1, -0.05) is 12.1 Å². The van der Waals surface area contributed by atoms with Gasteiger partial charge in [-0.3, -0.25) is 9.69 Å². The largest absolute Gasteiger partial charge is 0.455 e. The van der Waals surface area contributed by atoms with Gasteiger partial charge in [-0.2, -0.15) is 13.2 Å². The minimum absolute atomic E-state index is 0.00487. The highest BCUT2D eigenvalue weighted by Crippen LogP contribution is 2.29. The maximum Gasteiger partial charge on any atom is 0.416 e.